The Morgan fingerprint density at radius 3 is 2.46 bits per heavy atom. The van der Waals surface area contributed by atoms with E-state index in [9.17, 15) is 0 Å². The van der Waals surface area contributed by atoms with Gasteiger partial charge in [-0.1, -0.05) is 38.1 Å². The van der Waals surface area contributed by atoms with Gasteiger partial charge in [-0.2, -0.15) is 0 Å². The monoisotopic (exact) mass is 332 g/mol. The summed E-state index contributed by atoms with van der Waals surface area (Å²) in [4.78, 5) is 6.92. The smallest absolute Gasteiger partial charge is 0.188 e. The van der Waals surface area contributed by atoms with E-state index in [1.807, 2.05) is 0 Å². The van der Waals surface area contributed by atoms with E-state index in [1.165, 1.54) is 30.6 Å². The van der Waals surface area contributed by atoms with Crippen LogP contribution >= 0.6 is 0 Å². The van der Waals surface area contributed by atoms with Crippen LogP contribution in [0, 0.1) is 11.8 Å². The van der Waals surface area contributed by atoms with Gasteiger partial charge in [-0.15, -0.1) is 0 Å². The van der Waals surface area contributed by atoms with Gasteiger partial charge in [-0.05, 0) is 29.4 Å². The SMILES string of the molecule is COCCNC(N)=NCc1ccc(CN2CC(C)CC(C)C2)cc1. The third-order valence-corrected chi connectivity index (χ3v) is 4.42. The molecule has 0 saturated carbocycles. The van der Waals surface area contributed by atoms with Crippen molar-refractivity contribution in [3.05, 3.63) is 35.4 Å². The van der Waals surface area contributed by atoms with E-state index in [-0.39, 0.29) is 0 Å². The van der Waals surface area contributed by atoms with E-state index in [0.717, 1.165) is 18.4 Å². The minimum atomic E-state index is 0.465. The van der Waals surface area contributed by atoms with Crippen molar-refractivity contribution in [3.8, 4) is 0 Å². The topological polar surface area (TPSA) is 62.9 Å². The quantitative estimate of drug-likeness (QED) is 0.456. The summed E-state index contributed by atoms with van der Waals surface area (Å²) in [5.41, 5.74) is 8.37. The molecule has 2 unspecified atom stereocenters. The fourth-order valence-corrected chi connectivity index (χ4v) is 3.44. The molecule has 1 saturated heterocycles. The Morgan fingerprint density at radius 1 is 1.21 bits per heavy atom. The molecular weight excluding hydrogens is 300 g/mol. The highest BCUT2D eigenvalue weighted by atomic mass is 16.5. The largest absolute Gasteiger partial charge is 0.383 e. The van der Waals surface area contributed by atoms with Crippen molar-refractivity contribution in [3.63, 3.8) is 0 Å². The van der Waals surface area contributed by atoms with Gasteiger partial charge in [-0.3, -0.25) is 4.90 Å². The number of benzene rings is 1. The summed E-state index contributed by atoms with van der Waals surface area (Å²) in [6.45, 7) is 10.1. The first kappa shape index (κ1) is 18.7. The van der Waals surface area contributed by atoms with Gasteiger partial charge in [0.2, 0.25) is 0 Å². The highest BCUT2D eigenvalue weighted by molar-refractivity contribution is 5.77. The molecule has 0 spiro atoms. The molecule has 0 aromatic heterocycles. The molecule has 1 aliphatic heterocycles. The summed E-state index contributed by atoms with van der Waals surface area (Å²) < 4.78 is 4.97. The zero-order chi connectivity index (χ0) is 17.4. The maximum Gasteiger partial charge on any atom is 0.188 e. The second kappa shape index (κ2) is 9.64. The van der Waals surface area contributed by atoms with Crippen molar-refractivity contribution < 1.29 is 4.74 Å². The molecule has 24 heavy (non-hydrogen) atoms. The number of methoxy groups -OCH3 is 1. The molecule has 5 heteroatoms. The van der Waals surface area contributed by atoms with Crippen LogP contribution in [0.2, 0.25) is 0 Å². The molecule has 134 valence electrons. The first-order valence-corrected chi connectivity index (χ1v) is 8.89. The third-order valence-electron chi connectivity index (χ3n) is 4.42. The number of nitrogens with zero attached hydrogens (tertiary/aromatic N) is 2. The summed E-state index contributed by atoms with van der Waals surface area (Å²) in [6, 6.07) is 8.73. The van der Waals surface area contributed by atoms with E-state index in [0.29, 0.717) is 25.7 Å². The Morgan fingerprint density at radius 2 is 1.83 bits per heavy atom. The molecule has 0 radical (unpaired) electrons. The van der Waals surface area contributed by atoms with Crippen molar-refractivity contribution in [1.82, 2.24) is 10.2 Å². The lowest BCUT2D eigenvalue weighted by Gasteiger charge is -2.35. The molecule has 1 aromatic carbocycles. The normalized spacial score (nSPS) is 22.5. The van der Waals surface area contributed by atoms with E-state index >= 15 is 0 Å². The van der Waals surface area contributed by atoms with Gasteiger partial charge >= 0.3 is 0 Å². The maximum atomic E-state index is 5.82. The molecule has 2 atom stereocenters. The molecular formula is C19H32N4O. The summed E-state index contributed by atoms with van der Waals surface area (Å²) in [5.74, 6) is 2.07. The third kappa shape index (κ3) is 6.49. The number of likely N-dealkylation sites (tertiary alicyclic amines) is 1. The van der Waals surface area contributed by atoms with Gasteiger partial charge in [0.05, 0.1) is 13.2 Å². The van der Waals surface area contributed by atoms with Crippen molar-refractivity contribution >= 4 is 5.96 Å². The minimum Gasteiger partial charge on any atom is -0.383 e. The molecule has 0 bridgehead atoms. The molecule has 0 amide bonds. The Labute approximate surface area is 146 Å². The Bertz CT molecular complexity index is 505. The average molecular weight is 332 g/mol. The van der Waals surface area contributed by atoms with Gasteiger partial charge in [0.15, 0.2) is 5.96 Å². The summed E-state index contributed by atoms with van der Waals surface area (Å²) in [6.07, 6.45) is 1.35. The standard InChI is InChI=1S/C19H32N4O/c1-15-10-16(2)13-23(12-15)14-18-6-4-17(5-7-18)11-22-19(20)21-8-9-24-3/h4-7,15-16H,8-14H2,1-3H3,(H3,20,21,22). The van der Waals surface area contributed by atoms with Crippen LogP contribution in [0.5, 0.6) is 0 Å². The fourth-order valence-electron chi connectivity index (χ4n) is 3.44. The molecule has 1 heterocycles. The Balaban J connectivity index is 1.81. The number of aliphatic imine (C=N–C) groups is 1. The molecule has 3 N–H and O–H groups in total. The number of piperidine rings is 1. The van der Waals surface area contributed by atoms with Gasteiger partial charge in [-0.25, -0.2) is 4.99 Å². The minimum absolute atomic E-state index is 0.465. The number of guanidine groups is 1. The van der Waals surface area contributed by atoms with E-state index in [2.05, 4.69) is 53.3 Å². The van der Waals surface area contributed by atoms with Crippen LogP contribution in [0.4, 0.5) is 0 Å². The van der Waals surface area contributed by atoms with E-state index in [4.69, 9.17) is 10.5 Å². The van der Waals surface area contributed by atoms with Crippen LogP contribution in [0.1, 0.15) is 31.4 Å². The number of rotatable bonds is 7. The number of nitrogens with two attached hydrogens (primary N) is 1. The van der Waals surface area contributed by atoms with Crippen LogP contribution < -0.4 is 11.1 Å². The zero-order valence-corrected chi connectivity index (χ0v) is 15.3. The maximum absolute atomic E-state index is 5.82. The highest BCUT2D eigenvalue weighted by Gasteiger charge is 2.21. The van der Waals surface area contributed by atoms with E-state index < -0.39 is 0 Å². The zero-order valence-electron chi connectivity index (χ0n) is 15.3. The van der Waals surface area contributed by atoms with Crippen LogP contribution in [0.3, 0.4) is 0 Å². The summed E-state index contributed by atoms with van der Waals surface area (Å²) >= 11 is 0. The molecule has 1 fully saturated rings. The van der Waals surface area contributed by atoms with Crippen LogP contribution in [0.25, 0.3) is 0 Å². The van der Waals surface area contributed by atoms with Crippen molar-refractivity contribution in [2.45, 2.75) is 33.4 Å². The van der Waals surface area contributed by atoms with Gasteiger partial charge < -0.3 is 15.8 Å². The predicted octanol–water partition coefficient (Wildman–Crippen LogP) is 2.22. The lowest BCUT2D eigenvalue weighted by atomic mass is 9.91. The second-order valence-electron chi connectivity index (χ2n) is 7.08. The first-order chi connectivity index (χ1) is 11.6. The van der Waals surface area contributed by atoms with Crippen molar-refractivity contribution in [1.29, 1.82) is 0 Å². The van der Waals surface area contributed by atoms with Crippen LogP contribution in [-0.4, -0.2) is 44.2 Å². The predicted molar refractivity (Wildman–Crippen MR) is 99.9 cm³/mol. The number of nitrogens with one attached hydrogen (secondary N) is 1. The first-order valence-electron chi connectivity index (χ1n) is 8.89. The average Bonchev–Trinajstić information content (AvgIpc) is 2.53. The van der Waals surface area contributed by atoms with Gasteiger partial charge in [0, 0.05) is 33.3 Å². The van der Waals surface area contributed by atoms with Crippen LogP contribution in [0.15, 0.2) is 29.3 Å². The second-order valence-corrected chi connectivity index (χ2v) is 7.08. The van der Waals surface area contributed by atoms with Gasteiger partial charge in [0.1, 0.15) is 0 Å². The van der Waals surface area contributed by atoms with E-state index in [1.54, 1.807) is 7.11 Å². The number of ether oxygens (including phenoxy) is 1. The Hall–Kier alpha value is -1.59. The summed E-state index contributed by atoms with van der Waals surface area (Å²) in [5, 5.41) is 3.02. The van der Waals surface area contributed by atoms with Gasteiger partial charge in [0.25, 0.3) is 0 Å². The lowest BCUT2D eigenvalue weighted by Crippen LogP contribution is -2.38. The number of hydrogen-bond donors (Lipinski definition) is 2. The Kier molecular flexibility index (Phi) is 7.53. The van der Waals surface area contributed by atoms with Crippen molar-refractivity contribution in [2.24, 2.45) is 22.6 Å². The van der Waals surface area contributed by atoms with Crippen LogP contribution in [-0.2, 0) is 17.8 Å². The number of hydrogen-bond acceptors (Lipinski definition) is 3. The summed E-state index contributed by atoms with van der Waals surface area (Å²) in [7, 11) is 1.67. The molecule has 5 nitrogen and oxygen atoms in total. The molecule has 1 aromatic rings. The lowest BCUT2D eigenvalue weighted by molar-refractivity contribution is 0.134. The molecule has 1 aliphatic rings. The molecule has 0 aliphatic carbocycles. The molecule has 2 rings (SSSR count). The fraction of sp³-hybridized carbons (Fsp3) is 0.632. The highest BCUT2D eigenvalue weighted by Crippen LogP contribution is 2.22. The van der Waals surface area contributed by atoms with Crippen molar-refractivity contribution in [2.75, 3.05) is 33.4 Å².